The number of nitrogens with one attached hydrogen (secondary N) is 2. The van der Waals surface area contributed by atoms with Gasteiger partial charge < -0.3 is 20.8 Å². The molecule has 0 saturated heterocycles. The number of halogens is 3. The van der Waals surface area contributed by atoms with Crippen LogP contribution in [0.15, 0.2) is 28.9 Å². The highest BCUT2D eigenvalue weighted by atomic mass is 32.1. The van der Waals surface area contributed by atoms with Crippen LogP contribution >= 0.6 is 11.3 Å². The first-order valence-corrected chi connectivity index (χ1v) is 12.9. The monoisotopic (exact) mass is 535 g/mol. The Morgan fingerprint density at radius 3 is 2.68 bits per heavy atom. The number of amides is 2. The highest BCUT2D eigenvalue weighted by Gasteiger charge is 2.47. The van der Waals surface area contributed by atoms with Gasteiger partial charge in [-0.25, -0.2) is 4.68 Å². The zero-order chi connectivity index (χ0) is 26.7. The first kappa shape index (κ1) is 25.4. The minimum Gasteiger partial charge on any atom is -0.467 e. The summed E-state index contributed by atoms with van der Waals surface area (Å²) >= 11 is 1.30. The third-order valence-corrected chi connectivity index (χ3v) is 8.44. The van der Waals surface area contributed by atoms with E-state index in [4.69, 9.17) is 10.2 Å². The summed E-state index contributed by atoms with van der Waals surface area (Å²) in [6.45, 7) is 6.52. The minimum absolute atomic E-state index is 0.0498. The Balaban J connectivity index is 1.44. The van der Waals surface area contributed by atoms with E-state index in [9.17, 15) is 22.8 Å². The Kier molecular flexibility index (Phi) is 6.12. The molecule has 5 rings (SSSR count). The van der Waals surface area contributed by atoms with Crippen LogP contribution in [-0.4, -0.2) is 27.8 Å². The van der Waals surface area contributed by atoms with Gasteiger partial charge >= 0.3 is 6.18 Å². The molecule has 0 spiro atoms. The van der Waals surface area contributed by atoms with Crippen LogP contribution in [0.1, 0.15) is 82.7 Å². The second-order valence-corrected chi connectivity index (χ2v) is 11.8. The first-order valence-electron chi connectivity index (χ1n) is 12.0. The van der Waals surface area contributed by atoms with Crippen molar-refractivity contribution in [3.63, 3.8) is 0 Å². The number of aromatic nitrogens is 2. The van der Waals surface area contributed by atoms with Crippen molar-refractivity contribution in [1.82, 2.24) is 9.78 Å². The van der Waals surface area contributed by atoms with Gasteiger partial charge in [0.15, 0.2) is 11.7 Å². The number of nitrogens with two attached hydrogens (primary N) is 1. The normalized spacial score (nSPS) is 21.6. The van der Waals surface area contributed by atoms with Crippen LogP contribution in [0, 0.1) is 11.3 Å². The number of thiophene rings is 1. The van der Waals surface area contributed by atoms with E-state index in [0.717, 1.165) is 28.0 Å². The molecule has 1 aliphatic carbocycles. The van der Waals surface area contributed by atoms with Gasteiger partial charge in [-0.3, -0.25) is 9.59 Å². The highest BCUT2D eigenvalue weighted by molar-refractivity contribution is 7.17. The molecule has 1 aliphatic heterocycles. The van der Waals surface area contributed by atoms with Crippen LogP contribution < -0.4 is 16.4 Å². The van der Waals surface area contributed by atoms with Crippen LogP contribution in [0.5, 0.6) is 0 Å². The van der Waals surface area contributed by atoms with Crippen molar-refractivity contribution in [1.29, 1.82) is 0 Å². The van der Waals surface area contributed by atoms with E-state index in [-0.39, 0.29) is 28.9 Å². The van der Waals surface area contributed by atoms with Gasteiger partial charge in [-0.2, -0.15) is 18.3 Å². The Hall–Kier alpha value is -3.28. The maximum absolute atomic E-state index is 13.9. The summed E-state index contributed by atoms with van der Waals surface area (Å²) in [6.07, 6.45) is -1.20. The van der Waals surface area contributed by atoms with E-state index < -0.39 is 30.1 Å². The molecule has 2 aliphatic rings. The molecule has 37 heavy (non-hydrogen) atoms. The quantitative estimate of drug-likeness (QED) is 0.396. The predicted molar refractivity (Wildman–Crippen MR) is 133 cm³/mol. The molecule has 0 saturated carbocycles. The van der Waals surface area contributed by atoms with Crippen molar-refractivity contribution in [2.75, 3.05) is 10.6 Å². The molecule has 3 atom stereocenters. The van der Waals surface area contributed by atoms with E-state index in [1.807, 2.05) is 0 Å². The Morgan fingerprint density at radius 1 is 1.30 bits per heavy atom. The number of alkyl halides is 3. The first-order chi connectivity index (χ1) is 17.3. The van der Waals surface area contributed by atoms with Crippen LogP contribution in [0.3, 0.4) is 0 Å². The minimum atomic E-state index is -4.59. The zero-order valence-electron chi connectivity index (χ0n) is 20.6. The molecule has 0 bridgehead atoms. The van der Waals surface area contributed by atoms with Gasteiger partial charge in [0.1, 0.15) is 16.6 Å². The lowest BCUT2D eigenvalue weighted by Gasteiger charge is -2.33. The SMILES string of the molecule is CC(C)(C)[C@@H]1CCc2c(sc(NC(=O)c3cc4n(n3)[C@@H](C(F)(F)F)C[C@H](c3ccco3)N4)c2C(N)=O)C1. The molecule has 4 N–H and O–H groups in total. The van der Waals surface area contributed by atoms with E-state index in [1.54, 1.807) is 12.1 Å². The largest absolute Gasteiger partial charge is 0.467 e. The molecular weight excluding hydrogens is 507 g/mol. The van der Waals surface area contributed by atoms with Gasteiger partial charge in [0.25, 0.3) is 11.8 Å². The lowest BCUT2D eigenvalue weighted by Crippen LogP contribution is -2.35. The van der Waals surface area contributed by atoms with Crippen LogP contribution in [0.2, 0.25) is 0 Å². The standard InChI is InChI=1S/C25H28F3N5O3S/c1-24(2,3)12-6-7-13-17(9-12)37-23(20(13)21(29)34)31-22(35)15-11-19-30-14(16-5-4-8-36-16)10-18(25(26,27)28)33(19)32-15/h4-5,8,11-12,14,18,30H,6-7,9-10H2,1-3H3,(H2,29,34)(H,31,35)/t12-,14-,18-/m1/s1. The molecule has 0 radical (unpaired) electrons. The topological polar surface area (TPSA) is 115 Å². The Bertz CT molecular complexity index is 1340. The smallest absolute Gasteiger partial charge is 0.410 e. The van der Waals surface area contributed by atoms with Crippen molar-refractivity contribution in [3.8, 4) is 0 Å². The molecule has 12 heteroatoms. The molecule has 198 valence electrons. The molecular formula is C25H28F3N5O3S. The van der Waals surface area contributed by atoms with Crippen molar-refractivity contribution >= 4 is 34.0 Å². The third kappa shape index (κ3) is 4.74. The second-order valence-electron chi connectivity index (χ2n) is 10.7. The lowest BCUT2D eigenvalue weighted by molar-refractivity contribution is -0.174. The van der Waals surface area contributed by atoms with E-state index in [2.05, 4.69) is 36.5 Å². The number of fused-ring (bicyclic) bond motifs is 2. The summed E-state index contributed by atoms with van der Waals surface area (Å²) in [7, 11) is 0. The summed E-state index contributed by atoms with van der Waals surface area (Å²) < 4.78 is 47.8. The number of rotatable bonds is 4. The van der Waals surface area contributed by atoms with Crippen LogP contribution in [-0.2, 0) is 12.8 Å². The number of anilines is 2. The van der Waals surface area contributed by atoms with Gasteiger partial charge in [0.2, 0.25) is 0 Å². The average molecular weight is 536 g/mol. The molecule has 4 heterocycles. The van der Waals surface area contributed by atoms with Crippen molar-refractivity contribution < 1.29 is 27.2 Å². The van der Waals surface area contributed by atoms with Crippen LogP contribution in [0.25, 0.3) is 0 Å². The van der Waals surface area contributed by atoms with Crippen molar-refractivity contribution in [2.24, 2.45) is 17.1 Å². The molecule has 0 unspecified atom stereocenters. The fourth-order valence-corrected chi connectivity index (χ4v) is 6.53. The number of hydrogen-bond acceptors (Lipinski definition) is 6. The predicted octanol–water partition coefficient (Wildman–Crippen LogP) is 5.70. The summed E-state index contributed by atoms with van der Waals surface area (Å²) in [5, 5.41) is 9.97. The van der Waals surface area contributed by atoms with Crippen molar-refractivity contribution in [3.05, 3.63) is 51.9 Å². The van der Waals surface area contributed by atoms with E-state index in [0.29, 0.717) is 23.1 Å². The molecule has 0 aromatic carbocycles. The number of carbonyl (C=O) groups is 2. The Labute approximate surface area is 215 Å². The molecule has 0 fully saturated rings. The molecule has 3 aromatic heterocycles. The van der Waals surface area contributed by atoms with Gasteiger partial charge in [0.05, 0.1) is 17.9 Å². The molecule has 8 nitrogen and oxygen atoms in total. The number of furan rings is 1. The summed E-state index contributed by atoms with van der Waals surface area (Å²) in [6, 6.07) is 1.80. The average Bonchev–Trinajstić information content (AvgIpc) is 3.53. The molecule has 3 aromatic rings. The fraction of sp³-hybridized carbons (Fsp3) is 0.480. The maximum atomic E-state index is 13.9. The second kappa shape index (κ2) is 8.93. The highest BCUT2D eigenvalue weighted by Crippen LogP contribution is 2.45. The zero-order valence-corrected chi connectivity index (χ0v) is 21.4. The van der Waals surface area contributed by atoms with E-state index in [1.165, 1.54) is 23.7 Å². The number of primary amides is 1. The fourth-order valence-electron chi connectivity index (χ4n) is 5.20. The summed E-state index contributed by atoms with van der Waals surface area (Å²) in [5.74, 6) is -0.542. The maximum Gasteiger partial charge on any atom is 0.410 e. The van der Waals surface area contributed by atoms with Crippen LogP contribution in [0.4, 0.5) is 24.0 Å². The van der Waals surface area contributed by atoms with Gasteiger partial charge in [-0.05, 0) is 48.3 Å². The van der Waals surface area contributed by atoms with Gasteiger partial charge in [0, 0.05) is 17.4 Å². The van der Waals surface area contributed by atoms with E-state index >= 15 is 0 Å². The number of carbonyl (C=O) groups excluding carboxylic acids is 2. The lowest BCUT2D eigenvalue weighted by atomic mass is 9.72. The number of hydrogen-bond donors (Lipinski definition) is 3. The Morgan fingerprint density at radius 2 is 2.05 bits per heavy atom. The number of nitrogens with zero attached hydrogens (tertiary/aromatic N) is 2. The third-order valence-electron chi connectivity index (χ3n) is 7.27. The summed E-state index contributed by atoms with van der Waals surface area (Å²) in [4.78, 5) is 26.5. The van der Waals surface area contributed by atoms with Gasteiger partial charge in [-0.15, -0.1) is 11.3 Å². The molecule has 2 amide bonds. The summed E-state index contributed by atoms with van der Waals surface area (Å²) in [5.41, 5.74) is 6.68. The van der Waals surface area contributed by atoms with Gasteiger partial charge in [-0.1, -0.05) is 20.8 Å². The van der Waals surface area contributed by atoms with Crippen molar-refractivity contribution in [2.45, 2.75) is 64.7 Å².